The van der Waals surface area contributed by atoms with Crippen molar-refractivity contribution in [3.8, 4) is 0 Å². The molecule has 2 nitrogen and oxygen atoms in total. The van der Waals surface area contributed by atoms with Crippen LogP contribution in [0.5, 0.6) is 0 Å². The largest absolute Gasteiger partial charge is 0.393 e. The number of carbonyl (C=O) groups excluding carboxylic acids is 1. The molecule has 0 aromatic heterocycles. The average Bonchev–Trinajstić information content (AvgIpc) is 2.74. The molecule has 4 aliphatic rings. The number of Topliss-reactive ketones (excluding diaryl/α,β-unsaturated/α-hetero) is 1. The van der Waals surface area contributed by atoms with E-state index in [1.54, 1.807) is 0 Å². The summed E-state index contributed by atoms with van der Waals surface area (Å²) >= 11 is 0. The molecule has 0 aromatic rings. The Kier molecular flexibility index (Phi) is 3.03. The number of carbonyl (C=O) groups is 1. The normalized spacial score (nSPS) is 55.0. The quantitative estimate of drug-likeness (QED) is 0.734. The first-order chi connectivity index (χ1) is 9.59. The van der Waals surface area contributed by atoms with Crippen LogP contribution in [0.1, 0.15) is 64.7 Å². The van der Waals surface area contributed by atoms with E-state index in [0.717, 1.165) is 49.4 Å². The first-order valence-electron chi connectivity index (χ1n) is 8.79. The number of aliphatic hydroxyl groups is 1. The average molecular weight is 276 g/mol. The Hall–Kier alpha value is -0.370. The van der Waals surface area contributed by atoms with Crippen molar-refractivity contribution < 1.29 is 9.90 Å². The Balaban J connectivity index is 1.58. The van der Waals surface area contributed by atoms with Crippen LogP contribution in [-0.2, 0) is 4.79 Å². The Labute approximate surface area is 122 Å². The summed E-state index contributed by atoms with van der Waals surface area (Å²) in [7, 11) is 0. The van der Waals surface area contributed by atoms with Crippen LogP contribution in [0.4, 0.5) is 0 Å². The fraction of sp³-hybridized carbons (Fsp3) is 0.944. The van der Waals surface area contributed by atoms with Crippen LogP contribution in [0.15, 0.2) is 0 Å². The first kappa shape index (κ1) is 13.3. The Morgan fingerprint density at radius 3 is 2.70 bits per heavy atom. The first-order valence-corrected chi connectivity index (χ1v) is 8.79. The number of aliphatic hydroxyl groups excluding tert-OH is 1. The van der Waals surface area contributed by atoms with Crippen LogP contribution >= 0.6 is 0 Å². The molecule has 4 saturated carbocycles. The lowest BCUT2D eigenvalue weighted by Gasteiger charge is -2.55. The van der Waals surface area contributed by atoms with Crippen LogP contribution in [-0.4, -0.2) is 17.0 Å². The van der Waals surface area contributed by atoms with Gasteiger partial charge < -0.3 is 5.11 Å². The van der Waals surface area contributed by atoms with Crippen molar-refractivity contribution in [3.63, 3.8) is 0 Å². The second-order valence-corrected chi connectivity index (χ2v) is 8.35. The molecule has 0 amide bonds. The highest BCUT2D eigenvalue weighted by Gasteiger charge is 2.56. The van der Waals surface area contributed by atoms with Crippen LogP contribution in [0, 0.1) is 35.0 Å². The minimum Gasteiger partial charge on any atom is -0.393 e. The van der Waals surface area contributed by atoms with Gasteiger partial charge in [-0.15, -0.1) is 0 Å². The van der Waals surface area contributed by atoms with Crippen LogP contribution in [0.25, 0.3) is 0 Å². The maximum absolute atomic E-state index is 11.7. The van der Waals surface area contributed by atoms with Crippen molar-refractivity contribution in [2.24, 2.45) is 35.0 Å². The Bertz CT molecular complexity index is 418. The van der Waals surface area contributed by atoms with E-state index < -0.39 is 0 Å². The number of fused-ring (bicyclic) bond motifs is 5. The molecule has 0 bridgehead atoms. The summed E-state index contributed by atoms with van der Waals surface area (Å²) in [4.78, 5) is 11.7. The highest BCUT2D eigenvalue weighted by molar-refractivity contribution is 5.79. The highest BCUT2D eigenvalue weighted by Crippen LogP contribution is 2.62. The summed E-state index contributed by atoms with van der Waals surface area (Å²) in [5, 5.41) is 10.4. The van der Waals surface area contributed by atoms with Gasteiger partial charge in [-0.2, -0.15) is 0 Å². The summed E-state index contributed by atoms with van der Waals surface area (Å²) in [5.74, 6) is 4.52. The summed E-state index contributed by atoms with van der Waals surface area (Å²) < 4.78 is 0. The van der Waals surface area contributed by atoms with E-state index in [2.05, 4.69) is 6.92 Å². The van der Waals surface area contributed by atoms with Gasteiger partial charge in [0.05, 0.1) is 6.10 Å². The van der Waals surface area contributed by atoms with Crippen LogP contribution in [0.3, 0.4) is 0 Å². The van der Waals surface area contributed by atoms with E-state index in [9.17, 15) is 9.90 Å². The van der Waals surface area contributed by atoms with Gasteiger partial charge in [0.15, 0.2) is 0 Å². The van der Waals surface area contributed by atoms with Gasteiger partial charge in [-0.25, -0.2) is 0 Å². The van der Waals surface area contributed by atoms with Crippen molar-refractivity contribution in [1.29, 1.82) is 0 Å². The fourth-order valence-electron chi connectivity index (χ4n) is 6.63. The highest BCUT2D eigenvalue weighted by atomic mass is 16.3. The molecule has 4 aliphatic carbocycles. The third kappa shape index (κ3) is 1.76. The zero-order valence-corrected chi connectivity index (χ0v) is 12.7. The molecule has 2 heteroatoms. The lowest BCUT2D eigenvalue weighted by Crippen LogP contribution is -2.49. The maximum Gasteiger partial charge on any atom is 0.133 e. The molecule has 112 valence electrons. The summed E-state index contributed by atoms with van der Waals surface area (Å²) in [5.41, 5.74) is 0.207. The molecular formula is C18H28O2. The SMILES string of the molecule is C[C@]12CC[C@H]3[C@H]4CCC(=O)C[C@@H]4CC[C@@H]3[C@@H]1CC[C@H]2O. The van der Waals surface area contributed by atoms with Gasteiger partial charge in [0.2, 0.25) is 0 Å². The molecular weight excluding hydrogens is 248 g/mol. The van der Waals surface area contributed by atoms with Crippen molar-refractivity contribution in [3.05, 3.63) is 0 Å². The van der Waals surface area contributed by atoms with Crippen molar-refractivity contribution in [2.45, 2.75) is 70.8 Å². The van der Waals surface area contributed by atoms with Gasteiger partial charge >= 0.3 is 0 Å². The summed E-state index contributed by atoms with van der Waals surface area (Å²) in [6.07, 6.45) is 10.2. The zero-order valence-electron chi connectivity index (χ0n) is 12.7. The second kappa shape index (κ2) is 4.56. The summed E-state index contributed by atoms with van der Waals surface area (Å²) in [6, 6.07) is 0. The van der Waals surface area contributed by atoms with Crippen LogP contribution < -0.4 is 0 Å². The van der Waals surface area contributed by atoms with Gasteiger partial charge in [0.25, 0.3) is 0 Å². The van der Waals surface area contributed by atoms with E-state index in [1.165, 1.54) is 32.1 Å². The van der Waals surface area contributed by atoms with E-state index in [0.29, 0.717) is 11.7 Å². The number of rotatable bonds is 0. The van der Waals surface area contributed by atoms with Gasteiger partial charge in [-0.1, -0.05) is 6.92 Å². The Morgan fingerprint density at radius 2 is 1.85 bits per heavy atom. The molecule has 20 heavy (non-hydrogen) atoms. The molecule has 0 saturated heterocycles. The number of hydrogen-bond donors (Lipinski definition) is 1. The molecule has 1 N–H and O–H groups in total. The third-order valence-corrected chi connectivity index (χ3v) is 7.72. The molecule has 4 rings (SSSR count). The van der Waals surface area contributed by atoms with Gasteiger partial charge in [0.1, 0.15) is 5.78 Å². The topological polar surface area (TPSA) is 37.3 Å². The predicted molar refractivity (Wildman–Crippen MR) is 78.1 cm³/mol. The lowest BCUT2D eigenvalue weighted by molar-refractivity contribution is -0.128. The smallest absolute Gasteiger partial charge is 0.133 e. The Morgan fingerprint density at radius 1 is 1.00 bits per heavy atom. The molecule has 0 aliphatic heterocycles. The molecule has 0 unspecified atom stereocenters. The van der Waals surface area contributed by atoms with Crippen molar-refractivity contribution in [2.75, 3.05) is 0 Å². The number of hydrogen-bond acceptors (Lipinski definition) is 2. The minimum absolute atomic E-state index is 0.0564. The lowest BCUT2D eigenvalue weighted by atomic mass is 9.50. The predicted octanol–water partition coefficient (Wildman–Crippen LogP) is 3.57. The second-order valence-electron chi connectivity index (χ2n) is 8.35. The van der Waals surface area contributed by atoms with Crippen LogP contribution in [0.2, 0.25) is 0 Å². The van der Waals surface area contributed by atoms with Crippen molar-refractivity contribution in [1.82, 2.24) is 0 Å². The maximum atomic E-state index is 11.7. The monoisotopic (exact) mass is 276 g/mol. The minimum atomic E-state index is -0.0564. The van der Waals surface area contributed by atoms with E-state index in [1.807, 2.05) is 0 Å². The molecule has 4 fully saturated rings. The fourth-order valence-corrected chi connectivity index (χ4v) is 6.63. The van der Waals surface area contributed by atoms with Gasteiger partial charge in [-0.3, -0.25) is 4.79 Å². The van der Waals surface area contributed by atoms with E-state index in [-0.39, 0.29) is 11.5 Å². The molecule has 0 spiro atoms. The molecule has 0 radical (unpaired) electrons. The third-order valence-electron chi connectivity index (χ3n) is 7.72. The zero-order chi connectivity index (χ0) is 13.9. The standard InChI is InChI=1S/C18H28O2/c1-18-9-8-14-13-5-3-12(19)10-11(13)2-4-15(14)16(18)6-7-17(18)20/h11,13-17,20H,2-10H2,1H3/t11-,13-,14-,15-,16-,17+,18-/m0/s1. The molecule has 7 atom stereocenters. The van der Waals surface area contributed by atoms with E-state index in [4.69, 9.17) is 0 Å². The van der Waals surface area contributed by atoms with Gasteiger partial charge in [0, 0.05) is 12.8 Å². The molecule has 0 heterocycles. The molecule has 0 aromatic carbocycles. The number of ketones is 1. The van der Waals surface area contributed by atoms with Crippen molar-refractivity contribution >= 4 is 5.78 Å². The summed E-state index contributed by atoms with van der Waals surface area (Å²) in [6.45, 7) is 2.35. The van der Waals surface area contributed by atoms with Gasteiger partial charge in [-0.05, 0) is 80.0 Å². The van der Waals surface area contributed by atoms with E-state index >= 15 is 0 Å².